The molecule has 0 fully saturated rings. The van der Waals surface area contributed by atoms with Crippen LogP contribution in [0.2, 0.25) is 0 Å². The van der Waals surface area contributed by atoms with Gasteiger partial charge in [0.1, 0.15) is 5.60 Å². The molecule has 0 amide bonds. The molecule has 0 aliphatic heterocycles. The fourth-order valence-corrected chi connectivity index (χ4v) is 2.24. The van der Waals surface area contributed by atoms with Crippen LogP contribution in [-0.4, -0.2) is 28.6 Å². The molecule has 0 saturated heterocycles. The molecule has 1 aromatic carbocycles. The van der Waals surface area contributed by atoms with Crippen molar-refractivity contribution in [2.24, 2.45) is 7.05 Å². The molecule has 0 radical (unpaired) electrons. The predicted molar refractivity (Wildman–Crippen MR) is 73.7 cm³/mol. The molecule has 1 unspecified atom stereocenters. The maximum atomic E-state index is 10.8. The average Bonchev–Trinajstić information content (AvgIpc) is 2.84. The van der Waals surface area contributed by atoms with Gasteiger partial charge in [-0.2, -0.15) is 5.10 Å². The second-order valence-corrected chi connectivity index (χ2v) is 4.85. The molecule has 102 valence electrons. The molecule has 4 heteroatoms. The number of benzene rings is 1. The van der Waals surface area contributed by atoms with Gasteiger partial charge in [-0.3, -0.25) is 4.68 Å². The zero-order chi connectivity index (χ0) is 13.7. The lowest BCUT2D eigenvalue weighted by molar-refractivity contribution is -0.0419. The molecule has 0 bridgehead atoms. The van der Waals surface area contributed by atoms with Crippen molar-refractivity contribution < 1.29 is 9.84 Å². The number of hydrogen-bond acceptors (Lipinski definition) is 3. The van der Waals surface area contributed by atoms with E-state index in [-0.39, 0.29) is 6.61 Å². The third-order valence-corrected chi connectivity index (χ3v) is 3.28. The number of aryl methyl sites for hydroxylation is 2. The van der Waals surface area contributed by atoms with Crippen LogP contribution in [0.4, 0.5) is 0 Å². The summed E-state index contributed by atoms with van der Waals surface area (Å²) in [6.45, 7) is 0.289. The van der Waals surface area contributed by atoms with E-state index in [0.29, 0.717) is 6.42 Å². The fraction of sp³-hybridized carbons (Fsp3) is 0.400. The first kappa shape index (κ1) is 13.8. The van der Waals surface area contributed by atoms with E-state index in [1.165, 1.54) is 0 Å². The van der Waals surface area contributed by atoms with Gasteiger partial charge >= 0.3 is 0 Å². The van der Waals surface area contributed by atoms with E-state index in [2.05, 4.69) is 5.10 Å². The van der Waals surface area contributed by atoms with Gasteiger partial charge < -0.3 is 9.84 Å². The monoisotopic (exact) mass is 260 g/mol. The van der Waals surface area contributed by atoms with E-state index in [9.17, 15) is 5.11 Å². The van der Waals surface area contributed by atoms with Crippen LogP contribution in [0.3, 0.4) is 0 Å². The Morgan fingerprint density at radius 2 is 2.05 bits per heavy atom. The average molecular weight is 260 g/mol. The van der Waals surface area contributed by atoms with Gasteiger partial charge in [-0.15, -0.1) is 0 Å². The van der Waals surface area contributed by atoms with Crippen LogP contribution in [0, 0.1) is 0 Å². The lowest BCUT2D eigenvalue weighted by atomic mass is 9.89. The van der Waals surface area contributed by atoms with E-state index in [1.807, 2.05) is 49.8 Å². The standard InChI is InChI=1S/C15H20N2O2/c1-17-11-13(10-16-17)8-9-15(18,12-19-2)14-6-4-3-5-7-14/h3-7,10-11,18H,8-9,12H2,1-2H3. The molecule has 1 aromatic heterocycles. The number of rotatable bonds is 6. The minimum Gasteiger partial charge on any atom is -0.383 e. The second-order valence-electron chi connectivity index (χ2n) is 4.85. The zero-order valence-corrected chi connectivity index (χ0v) is 11.4. The first-order valence-electron chi connectivity index (χ1n) is 6.38. The van der Waals surface area contributed by atoms with E-state index in [0.717, 1.165) is 17.5 Å². The van der Waals surface area contributed by atoms with Gasteiger partial charge in [0.05, 0.1) is 12.8 Å². The highest BCUT2D eigenvalue weighted by Crippen LogP contribution is 2.27. The Hall–Kier alpha value is -1.65. The van der Waals surface area contributed by atoms with Gasteiger partial charge in [0, 0.05) is 20.4 Å². The summed E-state index contributed by atoms with van der Waals surface area (Å²) >= 11 is 0. The SMILES string of the molecule is COCC(O)(CCc1cnn(C)c1)c1ccccc1. The maximum Gasteiger partial charge on any atom is 0.113 e. The van der Waals surface area contributed by atoms with Crippen molar-refractivity contribution in [3.63, 3.8) is 0 Å². The Morgan fingerprint density at radius 1 is 1.32 bits per heavy atom. The number of nitrogens with zero attached hydrogens (tertiary/aromatic N) is 2. The number of aliphatic hydroxyl groups is 1. The molecule has 0 aliphatic carbocycles. The molecule has 1 heterocycles. The lowest BCUT2D eigenvalue weighted by Gasteiger charge is -2.27. The first-order chi connectivity index (χ1) is 9.14. The van der Waals surface area contributed by atoms with E-state index in [4.69, 9.17) is 4.74 Å². The van der Waals surface area contributed by atoms with Crippen molar-refractivity contribution in [1.29, 1.82) is 0 Å². The van der Waals surface area contributed by atoms with E-state index < -0.39 is 5.60 Å². The molecule has 0 saturated carbocycles. The fourth-order valence-electron chi connectivity index (χ4n) is 2.24. The smallest absolute Gasteiger partial charge is 0.113 e. The Balaban J connectivity index is 2.11. The van der Waals surface area contributed by atoms with Crippen LogP contribution in [0.5, 0.6) is 0 Å². The van der Waals surface area contributed by atoms with Crippen LogP contribution >= 0.6 is 0 Å². The largest absolute Gasteiger partial charge is 0.383 e. The molecule has 0 spiro atoms. The zero-order valence-electron chi connectivity index (χ0n) is 11.4. The molecular formula is C15H20N2O2. The Labute approximate surface area is 113 Å². The van der Waals surface area contributed by atoms with Crippen molar-refractivity contribution in [3.05, 3.63) is 53.9 Å². The Morgan fingerprint density at radius 3 is 2.63 bits per heavy atom. The summed E-state index contributed by atoms with van der Waals surface area (Å²) in [6, 6.07) is 9.67. The summed E-state index contributed by atoms with van der Waals surface area (Å²) < 4.78 is 6.96. The van der Waals surface area contributed by atoms with Crippen molar-refractivity contribution in [3.8, 4) is 0 Å². The highest BCUT2D eigenvalue weighted by atomic mass is 16.5. The lowest BCUT2D eigenvalue weighted by Crippen LogP contribution is -2.31. The van der Waals surface area contributed by atoms with Crippen LogP contribution in [-0.2, 0) is 23.8 Å². The van der Waals surface area contributed by atoms with Crippen LogP contribution < -0.4 is 0 Å². The normalized spacial score (nSPS) is 14.3. The third-order valence-electron chi connectivity index (χ3n) is 3.28. The van der Waals surface area contributed by atoms with Crippen molar-refractivity contribution in [1.82, 2.24) is 9.78 Å². The second kappa shape index (κ2) is 5.99. The number of methoxy groups -OCH3 is 1. The van der Waals surface area contributed by atoms with Gasteiger partial charge in [0.25, 0.3) is 0 Å². The molecule has 2 rings (SSSR count). The van der Waals surface area contributed by atoms with Crippen LogP contribution in [0.15, 0.2) is 42.7 Å². The summed E-state index contributed by atoms with van der Waals surface area (Å²) in [5, 5.41) is 14.9. The van der Waals surface area contributed by atoms with Crippen molar-refractivity contribution >= 4 is 0 Å². The topological polar surface area (TPSA) is 47.3 Å². The maximum absolute atomic E-state index is 10.8. The van der Waals surface area contributed by atoms with E-state index >= 15 is 0 Å². The number of hydrogen-bond donors (Lipinski definition) is 1. The minimum atomic E-state index is -0.953. The first-order valence-corrected chi connectivity index (χ1v) is 6.38. The number of aromatic nitrogens is 2. The molecule has 1 atom stereocenters. The minimum absolute atomic E-state index is 0.289. The van der Waals surface area contributed by atoms with Crippen molar-refractivity contribution in [2.75, 3.05) is 13.7 Å². The summed E-state index contributed by atoms with van der Waals surface area (Å²) in [7, 11) is 3.50. The Kier molecular flexibility index (Phi) is 4.35. The predicted octanol–water partition coefficient (Wildman–Crippen LogP) is 1.89. The highest BCUT2D eigenvalue weighted by Gasteiger charge is 2.28. The third kappa shape index (κ3) is 3.43. The van der Waals surface area contributed by atoms with Gasteiger partial charge in [0.2, 0.25) is 0 Å². The summed E-state index contributed by atoms with van der Waals surface area (Å²) in [5.41, 5.74) is 1.06. The summed E-state index contributed by atoms with van der Waals surface area (Å²) in [5.74, 6) is 0. The van der Waals surface area contributed by atoms with E-state index in [1.54, 1.807) is 11.8 Å². The molecular weight excluding hydrogens is 240 g/mol. The molecule has 0 aliphatic rings. The van der Waals surface area contributed by atoms with Crippen molar-refractivity contribution in [2.45, 2.75) is 18.4 Å². The molecule has 19 heavy (non-hydrogen) atoms. The highest BCUT2D eigenvalue weighted by molar-refractivity contribution is 5.23. The Bertz CT molecular complexity index is 510. The van der Waals surface area contributed by atoms with Crippen LogP contribution in [0.25, 0.3) is 0 Å². The summed E-state index contributed by atoms with van der Waals surface area (Å²) in [6.07, 6.45) is 5.18. The van der Waals surface area contributed by atoms with Gasteiger partial charge in [-0.05, 0) is 24.0 Å². The van der Waals surface area contributed by atoms with Gasteiger partial charge in [-0.25, -0.2) is 0 Å². The quantitative estimate of drug-likeness (QED) is 0.862. The van der Waals surface area contributed by atoms with Crippen LogP contribution in [0.1, 0.15) is 17.5 Å². The summed E-state index contributed by atoms with van der Waals surface area (Å²) in [4.78, 5) is 0. The molecule has 4 nitrogen and oxygen atoms in total. The molecule has 2 aromatic rings. The number of ether oxygens (including phenoxy) is 1. The molecule has 1 N–H and O–H groups in total. The van der Waals surface area contributed by atoms with Gasteiger partial charge in [-0.1, -0.05) is 30.3 Å². The van der Waals surface area contributed by atoms with Gasteiger partial charge in [0.15, 0.2) is 0 Å².